The molecule has 0 aliphatic carbocycles. The van der Waals surface area contributed by atoms with Gasteiger partial charge in [-0.25, -0.2) is 9.18 Å². The molecule has 0 amide bonds. The van der Waals surface area contributed by atoms with Gasteiger partial charge in [-0.2, -0.15) is 8.42 Å². The van der Waals surface area contributed by atoms with Gasteiger partial charge in [0.1, 0.15) is 22.9 Å². The number of ether oxygens (including phenoxy) is 2. The van der Waals surface area contributed by atoms with E-state index in [1.165, 1.54) is 19.2 Å². The highest BCUT2D eigenvalue weighted by molar-refractivity contribution is 7.87. The van der Waals surface area contributed by atoms with Gasteiger partial charge >= 0.3 is 22.1 Å². The van der Waals surface area contributed by atoms with E-state index in [-0.39, 0.29) is 52.8 Å². The highest BCUT2D eigenvalue weighted by Gasteiger charge is 2.35. The Morgan fingerprint density at radius 1 is 1.20 bits per heavy atom. The normalized spacial score (nSPS) is 13.3. The lowest BCUT2D eigenvalue weighted by Gasteiger charge is -2.19. The maximum Gasteiger partial charge on any atom is 0.342 e. The highest BCUT2D eigenvalue weighted by Crippen LogP contribution is 2.42. The smallest absolute Gasteiger partial charge is 0.342 e. The van der Waals surface area contributed by atoms with E-state index in [9.17, 15) is 22.4 Å². The molecular formula is C26H27FO7S. The molecule has 3 rings (SSSR count). The molecule has 0 N–H and O–H groups in total. The van der Waals surface area contributed by atoms with Crippen LogP contribution in [0.1, 0.15) is 57.9 Å². The summed E-state index contributed by atoms with van der Waals surface area (Å²) in [4.78, 5) is 24.0. The zero-order chi connectivity index (χ0) is 25.9. The Labute approximate surface area is 204 Å². The SMILES string of the molecule is C=C(F)c1c(C)c2c(c(OS(=O)(=O)c3ccc(C)cc3)c1CC=C(C)CCC(=O)OC)C(=O)OC2. The number of hydrogen-bond acceptors (Lipinski definition) is 7. The zero-order valence-corrected chi connectivity index (χ0v) is 20.9. The number of allylic oxidation sites excluding steroid dienone is 2. The maximum absolute atomic E-state index is 14.7. The Hall–Kier alpha value is -3.46. The Kier molecular flexibility index (Phi) is 7.80. The summed E-state index contributed by atoms with van der Waals surface area (Å²) in [6.07, 6.45) is 2.30. The van der Waals surface area contributed by atoms with Crippen molar-refractivity contribution in [2.75, 3.05) is 7.11 Å². The second-order valence-corrected chi connectivity index (χ2v) is 9.87. The van der Waals surface area contributed by atoms with Crippen LogP contribution in [0, 0.1) is 13.8 Å². The van der Waals surface area contributed by atoms with Crippen molar-refractivity contribution in [3.63, 3.8) is 0 Å². The Bertz CT molecular complexity index is 1320. The van der Waals surface area contributed by atoms with Gasteiger partial charge < -0.3 is 13.7 Å². The average molecular weight is 503 g/mol. The van der Waals surface area contributed by atoms with Gasteiger partial charge in [0, 0.05) is 23.1 Å². The molecule has 1 aliphatic heterocycles. The number of hydrogen-bond donors (Lipinski definition) is 0. The van der Waals surface area contributed by atoms with Crippen LogP contribution >= 0.6 is 0 Å². The zero-order valence-electron chi connectivity index (χ0n) is 20.1. The number of cyclic esters (lactones) is 1. The van der Waals surface area contributed by atoms with Crippen molar-refractivity contribution in [3.05, 3.63) is 75.9 Å². The maximum atomic E-state index is 14.7. The van der Waals surface area contributed by atoms with Crippen molar-refractivity contribution in [1.29, 1.82) is 0 Å². The van der Waals surface area contributed by atoms with E-state index in [1.807, 2.05) is 6.92 Å². The lowest BCUT2D eigenvalue weighted by molar-refractivity contribution is -0.140. The lowest BCUT2D eigenvalue weighted by Crippen LogP contribution is -2.15. The van der Waals surface area contributed by atoms with Crippen LogP contribution in [0.5, 0.6) is 5.75 Å². The summed E-state index contributed by atoms with van der Waals surface area (Å²) in [6.45, 7) is 8.50. The molecule has 0 atom stereocenters. The van der Waals surface area contributed by atoms with Crippen LogP contribution in [0.25, 0.3) is 5.83 Å². The Balaban J connectivity index is 2.15. The van der Waals surface area contributed by atoms with Crippen molar-refractivity contribution < 1.29 is 36.1 Å². The largest absolute Gasteiger partial charge is 0.469 e. The van der Waals surface area contributed by atoms with Crippen molar-refractivity contribution in [3.8, 4) is 5.75 Å². The van der Waals surface area contributed by atoms with Crippen molar-refractivity contribution in [1.82, 2.24) is 0 Å². The fourth-order valence-electron chi connectivity index (χ4n) is 3.87. The van der Waals surface area contributed by atoms with Gasteiger partial charge in [0.15, 0.2) is 5.75 Å². The number of rotatable bonds is 9. The highest BCUT2D eigenvalue weighted by atomic mass is 32.2. The van der Waals surface area contributed by atoms with Gasteiger partial charge in [0.2, 0.25) is 0 Å². The van der Waals surface area contributed by atoms with Gasteiger partial charge in [0.05, 0.1) is 7.11 Å². The van der Waals surface area contributed by atoms with Crippen LogP contribution in [-0.2, 0) is 37.4 Å². The monoisotopic (exact) mass is 502 g/mol. The molecule has 0 saturated heterocycles. The fraction of sp³-hybridized carbons (Fsp3) is 0.308. The third kappa shape index (κ3) is 5.62. The standard InChI is InChI=1S/C26H27FO7S/c1-15-6-10-19(11-7-15)35(30,31)34-25-20(12-8-16(2)9-13-22(28)32-5)23(18(4)27)17(3)21-14-33-26(29)24(21)25/h6-8,10-11H,4,9,12-14H2,1-3,5H3. The number of carbonyl (C=O) groups is 2. The van der Waals surface area contributed by atoms with Crippen LogP contribution in [0.2, 0.25) is 0 Å². The Morgan fingerprint density at radius 3 is 2.46 bits per heavy atom. The van der Waals surface area contributed by atoms with E-state index in [0.29, 0.717) is 17.5 Å². The first-order valence-electron chi connectivity index (χ1n) is 10.9. The summed E-state index contributed by atoms with van der Waals surface area (Å²) in [5.74, 6) is -2.20. The van der Waals surface area contributed by atoms with Crippen LogP contribution in [0.4, 0.5) is 4.39 Å². The number of methoxy groups -OCH3 is 1. The van der Waals surface area contributed by atoms with Crippen LogP contribution in [-0.4, -0.2) is 27.5 Å². The molecule has 1 aliphatic rings. The summed E-state index contributed by atoms with van der Waals surface area (Å²) in [7, 11) is -3.06. The van der Waals surface area contributed by atoms with Crippen molar-refractivity contribution in [2.45, 2.75) is 51.5 Å². The molecule has 2 aromatic rings. The van der Waals surface area contributed by atoms with Crippen molar-refractivity contribution in [2.24, 2.45) is 0 Å². The second-order valence-electron chi connectivity index (χ2n) is 8.32. The van der Waals surface area contributed by atoms with Gasteiger partial charge in [-0.15, -0.1) is 0 Å². The van der Waals surface area contributed by atoms with Gasteiger partial charge in [-0.3, -0.25) is 4.79 Å². The molecule has 0 unspecified atom stereocenters. The molecule has 0 spiro atoms. The quantitative estimate of drug-likeness (QED) is 0.267. The Morgan fingerprint density at radius 2 is 1.86 bits per heavy atom. The molecule has 1 heterocycles. The summed E-state index contributed by atoms with van der Waals surface area (Å²) in [5, 5.41) is 0. The predicted molar refractivity (Wildman–Crippen MR) is 128 cm³/mol. The van der Waals surface area contributed by atoms with Gasteiger partial charge in [0.25, 0.3) is 0 Å². The lowest BCUT2D eigenvalue weighted by atomic mass is 9.89. The molecule has 0 saturated carbocycles. The van der Waals surface area contributed by atoms with E-state index >= 15 is 0 Å². The summed E-state index contributed by atoms with van der Waals surface area (Å²) < 4.78 is 56.3. The average Bonchev–Trinajstić information content (AvgIpc) is 3.19. The third-order valence-corrected chi connectivity index (χ3v) is 7.10. The summed E-state index contributed by atoms with van der Waals surface area (Å²) in [5.41, 5.74) is 2.60. The van der Waals surface area contributed by atoms with Crippen LogP contribution in [0.3, 0.4) is 0 Å². The minimum atomic E-state index is -4.36. The number of fused-ring (bicyclic) bond motifs is 1. The number of benzene rings is 2. The van der Waals surface area contributed by atoms with E-state index in [0.717, 1.165) is 11.1 Å². The van der Waals surface area contributed by atoms with Crippen LogP contribution < -0.4 is 4.18 Å². The van der Waals surface area contributed by atoms with Crippen LogP contribution in [0.15, 0.2) is 47.4 Å². The molecule has 2 aromatic carbocycles. The summed E-state index contributed by atoms with van der Waals surface area (Å²) in [6, 6.07) is 6.02. The van der Waals surface area contributed by atoms with E-state index < -0.39 is 21.9 Å². The minimum absolute atomic E-state index is 0.0332. The molecule has 0 aromatic heterocycles. The predicted octanol–water partition coefficient (Wildman–Crippen LogP) is 5.12. The molecule has 0 radical (unpaired) electrons. The first-order chi connectivity index (χ1) is 16.5. The van der Waals surface area contributed by atoms with Gasteiger partial charge in [-0.1, -0.05) is 35.9 Å². The molecule has 186 valence electrons. The third-order valence-electron chi connectivity index (χ3n) is 5.86. The molecule has 0 fully saturated rings. The fourth-order valence-corrected chi connectivity index (χ4v) is 4.84. The molecule has 0 bridgehead atoms. The molecular weight excluding hydrogens is 475 g/mol. The van der Waals surface area contributed by atoms with E-state index in [4.69, 9.17) is 8.92 Å². The minimum Gasteiger partial charge on any atom is -0.469 e. The number of esters is 2. The number of carbonyl (C=O) groups excluding carboxylic acids is 2. The molecule has 9 heteroatoms. The van der Waals surface area contributed by atoms with Crippen molar-refractivity contribution >= 4 is 27.9 Å². The van der Waals surface area contributed by atoms with Gasteiger partial charge in [-0.05, 0) is 51.3 Å². The molecule has 7 nitrogen and oxygen atoms in total. The first kappa shape index (κ1) is 26.2. The first-order valence-corrected chi connectivity index (χ1v) is 12.3. The summed E-state index contributed by atoms with van der Waals surface area (Å²) >= 11 is 0. The molecule has 35 heavy (non-hydrogen) atoms. The number of halogens is 1. The second kappa shape index (κ2) is 10.4. The van der Waals surface area contributed by atoms with E-state index in [1.54, 1.807) is 32.1 Å². The topological polar surface area (TPSA) is 96.0 Å². The number of aryl methyl sites for hydroxylation is 1. The van der Waals surface area contributed by atoms with E-state index in [2.05, 4.69) is 11.3 Å².